The maximum absolute atomic E-state index is 12.9. The molecule has 34 heavy (non-hydrogen) atoms. The first-order valence-corrected chi connectivity index (χ1v) is 11.1. The highest BCUT2D eigenvalue weighted by Gasteiger charge is 2.19. The number of aromatic nitrogens is 3. The topological polar surface area (TPSA) is 115 Å². The smallest absolute Gasteiger partial charge is 0.273 e. The van der Waals surface area contributed by atoms with Crippen molar-refractivity contribution in [3.63, 3.8) is 0 Å². The van der Waals surface area contributed by atoms with Crippen molar-refractivity contribution in [1.29, 1.82) is 0 Å². The number of aryl methyl sites for hydroxylation is 1. The average Bonchev–Trinajstić information content (AvgIpc) is 3.41. The molecule has 4 rings (SSSR count). The van der Waals surface area contributed by atoms with Crippen molar-refractivity contribution in [2.75, 3.05) is 26.3 Å². The van der Waals surface area contributed by atoms with Crippen LogP contribution in [0.3, 0.4) is 0 Å². The molecule has 2 amide bonds. The summed E-state index contributed by atoms with van der Waals surface area (Å²) in [5.41, 5.74) is 5.72. The number of aliphatic imine (C=N–C) groups is 1. The van der Waals surface area contributed by atoms with Crippen LogP contribution in [0.4, 0.5) is 5.82 Å². The molecule has 0 radical (unpaired) electrons. The van der Waals surface area contributed by atoms with Crippen LogP contribution >= 0.6 is 0 Å². The molecular weight excluding hydrogens is 432 g/mol. The van der Waals surface area contributed by atoms with Gasteiger partial charge in [0.2, 0.25) is 0 Å². The van der Waals surface area contributed by atoms with Gasteiger partial charge in [-0.3, -0.25) is 14.7 Å². The highest BCUT2D eigenvalue weighted by atomic mass is 16.5. The summed E-state index contributed by atoms with van der Waals surface area (Å²) in [6.45, 7) is 11.4. The second-order valence-corrected chi connectivity index (χ2v) is 8.22. The Kier molecular flexibility index (Phi) is 6.74. The van der Waals surface area contributed by atoms with E-state index in [2.05, 4.69) is 32.2 Å². The van der Waals surface area contributed by atoms with Crippen LogP contribution in [0.1, 0.15) is 44.6 Å². The molecule has 0 aliphatic carbocycles. The lowest BCUT2D eigenvalue weighted by Gasteiger charge is -2.27. The minimum Gasteiger partial charge on any atom is -0.378 e. The second-order valence-electron chi connectivity index (χ2n) is 8.22. The molecule has 1 aliphatic rings. The van der Waals surface area contributed by atoms with Gasteiger partial charge in [-0.15, -0.1) is 0 Å². The van der Waals surface area contributed by atoms with E-state index in [4.69, 9.17) is 4.74 Å². The lowest BCUT2D eigenvalue weighted by molar-refractivity contribution is 0.0303. The summed E-state index contributed by atoms with van der Waals surface area (Å²) in [4.78, 5) is 34.6. The van der Waals surface area contributed by atoms with Gasteiger partial charge in [0.05, 0.1) is 18.9 Å². The van der Waals surface area contributed by atoms with E-state index in [0.29, 0.717) is 49.1 Å². The Labute approximate surface area is 197 Å². The number of ether oxygens (including phenoxy) is 1. The van der Waals surface area contributed by atoms with E-state index in [9.17, 15) is 9.59 Å². The molecule has 176 valence electrons. The summed E-state index contributed by atoms with van der Waals surface area (Å²) < 4.78 is 5.34. The predicted molar refractivity (Wildman–Crippen MR) is 131 cm³/mol. The van der Waals surface area contributed by atoms with E-state index in [0.717, 1.165) is 28.1 Å². The van der Waals surface area contributed by atoms with E-state index in [1.54, 1.807) is 11.8 Å². The first-order chi connectivity index (χ1) is 16.4. The number of hydrogen-bond donors (Lipinski definition) is 3. The van der Waals surface area contributed by atoms with Gasteiger partial charge in [-0.05, 0) is 57.3 Å². The zero-order valence-corrected chi connectivity index (χ0v) is 19.6. The molecule has 1 aromatic carbocycles. The molecule has 9 heteroatoms. The van der Waals surface area contributed by atoms with Crippen molar-refractivity contribution in [1.82, 2.24) is 25.4 Å². The van der Waals surface area contributed by atoms with E-state index < -0.39 is 0 Å². The number of benzene rings is 1. The third kappa shape index (κ3) is 4.84. The van der Waals surface area contributed by atoms with Gasteiger partial charge in [0.15, 0.2) is 0 Å². The molecule has 3 heterocycles. The number of H-pyrrole nitrogens is 2. The summed E-state index contributed by atoms with van der Waals surface area (Å²) in [6, 6.07) is 9.39. The Bertz CT molecular complexity index is 1260. The number of nitrogens with zero attached hydrogens (tertiary/aromatic N) is 3. The molecule has 1 saturated heterocycles. The van der Waals surface area contributed by atoms with Crippen molar-refractivity contribution in [3.05, 3.63) is 64.1 Å². The van der Waals surface area contributed by atoms with Gasteiger partial charge in [-0.2, -0.15) is 5.10 Å². The summed E-state index contributed by atoms with van der Waals surface area (Å²) in [5, 5.41) is 9.72. The molecular formula is C25H28N6O3. The van der Waals surface area contributed by atoms with Gasteiger partial charge in [0.1, 0.15) is 11.5 Å². The minimum atomic E-state index is -0.259. The van der Waals surface area contributed by atoms with Crippen molar-refractivity contribution >= 4 is 30.4 Å². The number of nitrogens with one attached hydrogen (secondary N) is 3. The summed E-state index contributed by atoms with van der Waals surface area (Å²) >= 11 is 0. The van der Waals surface area contributed by atoms with Gasteiger partial charge in [0.25, 0.3) is 11.8 Å². The fourth-order valence-corrected chi connectivity index (χ4v) is 3.85. The van der Waals surface area contributed by atoms with Crippen LogP contribution in [0.25, 0.3) is 17.3 Å². The number of amides is 2. The first kappa shape index (κ1) is 23.2. The summed E-state index contributed by atoms with van der Waals surface area (Å²) in [6.07, 6.45) is 1.82. The number of rotatable bonds is 6. The fourth-order valence-electron chi connectivity index (χ4n) is 3.85. The number of allylic oxidation sites excluding steroid dienone is 1. The highest BCUT2D eigenvalue weighted by molar-refractivity contribution is 5.96. The Hall–Kier alpha value is -3.98. The van der Waals surface area contributed by atoms with Crippen LogP contribution < -0.4 is 5.32 Å². The van der Waals surface area contributed by atoms with Crippen LogP contribution in [-0.4, -0.2) is 64.9 Å². The molecule has 3 aromatic rings. The quantitative estimate of drug-likeness (QED) is 0.487. The monoisotopic (exact) mass is 460 g/mol. The van der Waals surface area contributed by atoms with E-state index >= 15 is 0 Å². The molecule has 1 aliphatic heterocycles. The maximum atomic E-state index is 12.9. The van der Waals surface area contributed by atoms with E-state index in [1.807, 2.05) is 50.3 Å². The van der Waals surface area contributed by atoms with Crippen LogP contribution in [0, 0.1) is 13.8 Å². The SMILES string of the molecule is C=Nc1[nH]c(-c2cccc(C(=O)N3CCOCC3)c2)cc1/C=C(\C)NC(=O)c1[nH]nc(C)c1C. The van der Waals surface area contributed by atoms with Gasteiger partial charge in [0, 0.05) is 41.2 Å². The average molecular weight is 461 g/mol. The standard InChI is InChI=1S/C25H28N6O3/c1-15(27-24(32)22-16(2)17(3)29-30-22)12-20-14-21(28-23(20)26-4)18-6-5-7-19(13-18)25(33)31-8-10-34-11-9-31/h5-7,12-14,28H,4,8-11H2,1-3H3,(H,27,32)(H,29,30)/b15-12+. The number of carbonyl (C=O) groups is 2. The van der Waals surface area contributed by atoms with E-state index in [-0.39, 0.29) is 11.8 Å². The third-order valence-electron chi connectivity index (χ3n) is 5.87. The fraction of sp³-hybridized carbons (Fsp3) is 0.280. The molecule has 0 spiro atoms. The van der Waals surface area contributed by atoms with E-state index in [1.165, 1.54) is 0 Å². The van der Waals surface area contributed by atoms with Gasteiger partial charge in [-0.1, -0.05) is 12.1 Å². The molecule has 1 fully saturated rings. The molecule has 0 saturated carbocycles. The molecule has 0 unspecified atom stereocenters. The normalized spacial score (nSPS) is 14.2. The Balaban J connectivity index is 1.55. The zero-order chi connectivity index (χ0) is 24.2. The van der Waals surface area contributed by atoms with Crippen LogP contribution in [0.15, 0.2) is 41.0 Å². The second kappa shape index (κ2) is 9.88. The Morgan fingerprint density at radius 1 is 1.24 bits per heavy atom. The lowest BCUT2D eigenvalue weighted by atomic mass is 10.1. The van der Waals surface area contributed by atoms with Gasteiger partial charge in [-0.25, -0.2) is 4.99 Å². The van der Waals surface area contributed by atoms with Crippen molar-refractivity contribution in [2.24, 2.45) is 4.99 Å². The molecule has 3 N–H and O–H groups in total. The van der Waals surface area contributed by atoms with Crippen molar-refractivity contribution in [3.8, 4) is 11.3 Å². The van der Waals surface area contributed by atoms with Crippen LogP contribution in [-0.2, 0) is 4.74 Å². The number of aromatic amines is 2. The predicted octanol–water partition coefficient (Wildman–Crippen LogP) is 3.62. The van der Waals surface area contributed by atoms with Crippen LogP contribution in [0.5, 0.6) is 0 Å². The Morgan fingerprint density at radius 3 is 2.68 bits per heavy atom. The Morgan fingerprint density at radius 2 is 2.00 bits per heavy atom. The zero-order valence-electron chi connectivity index (χ0n) is 19.6. The number of hydrogen-bond acceptors (Lipinski definition) is 5. The lowest BCUT2D eigenvalue weighted by Crippen LogP contribution is -2.40. The molecule has 2 aromatic heterocycles. The number of morpholine rings is 1. The minimum absolute atomic E-state index is 0.0122. The summed E-state index contributed by atoms with van der Waals surface area (Å²) in [7, 11) is 0. The van der Waals surface area contributed by atoms with Crippen molar-refractivity contribution < 1.29 is 14.3 Å². The molecule has 0 atom stereocenters. The highest BCUT2D eigenvalue weighted by Crippen LogP contribution is 2.29. The van der Waals surface area contributed by atoms with Gasteiger partial charge >= 0.3 is 0 Å². The maximum Gasteiger partial charge on any atom is 0.273 e. The third-order valence-corrected chi connectivity index (χ3v) is 5.87. The molecule has 9 nitrogen and oxygen atoms in total. The largest absolute Gasteiger partial charge is 0.378 e. The number of carbonyl (C=O) groups excluding carboxylic acids is 2. The van der Waals surface area contributed by atoms with Crippen LogP contribution in [0.2, 0.25) is 0 Å². The molecule has 0 bridgehead atoms. The first-order valence-electron chi connectivity index (χ1n) is 11.1. The van der Waals surface area contributed by atoms with Crippen molar-refractivity contribution in [2.45, 2.75) is 20.8 Å². The summed E-state index contributed by atoms with van der Waals surface area (Å²) in [5.74, 6) is 0.300. The van der Waals surface area contributed by atoms with Gasteiger partial charge < -0.3 is 19.9 Å².